The Labute approximate surface area is 161 Å². The van der Waals surface area contributed by atoms with E-state index in [1.807, 2.05) is 6.07 Å². The molecule has 0 heterocycles. The van der Waals surface area contributed by atoms with Crippen LogP contribution >= 0.6 is 34.4 Å². The zero-order chi connectivity index (χ0) is 18.6. The molecule has 0 bridgehead atoms. The first-order chi connectivity index (χ1) is 11.8. The lowest BCUT2D eigenvalue weighted by Gasteiger charge is -2.18. The monoisotopic (exact) mass is 482 g/mol. The van der Waals surface area contributed by atoms with Crippen LogP contribution in [-0.2, 0) is 4.84 Å². The summed E-state index contributed by atoms with van der Waals surface area (Å²) in [5.74, 6) is -3.23. The molecule has 0 atom stereocenters. The molecule has 2 rings (SSSR count). The van der Waals surface area contributed by atoms with E-state index >= 15 is 0 Å². The van der Waals surface area contributed by atoms with Crippen molar-refractivity contribution in [1.29, 1.82) is 0 Å². The molecular formula is C16H14ClF2IN2O3. The van der Waals surface area contributed by atoms with Crippen LogP contribution in [0.4, 0.5) is 20.2 Å². The molecule has 0 aliphatic heterocycles. The molecular weight excluding hydrogens is 469 g/mol. The zero-order valence-corrected chi connectivity index (χ0v) is 15.9. The van der Waals surface area contributed by atoms with Gasteiger partial charge < -0.3 is 10.4 Å². The van der Waals surface area contributed by atoms with Crippen molar-refractivity contribution in [2.45, 2.75) is 6.92 Å². The van der Waals surface area contributed by atoms with Crippen molar-refractivity contribution in [1.82, 2.24) is 4.58 Å². The summed E-state index contributed by atoms with van der Waals surface area (Å²) in [4.78, 5) is 17.1. The van der Waals surface area contributed by atoms with Crippen molar-refractivity contribution in [3.63, 3.8) is 0 Å². The Morgan fingerprint density at radius 2 is 2.08 bits per heavy atom. The van der Waals surface area contributed by atoms with Gasteiger partial charge in [-0.3, -0.25) is 9.63 Å². The Kier molecular flexibility index (Phi) is 6.94. The molecule has 0 fully saturated rings. The number of aliphatic hydroxyl groups excluding tert-OH is 1. The number of anilines is 2. The smallest absolute Gasteiger partial charge is 0.295 e. The van der Waals surface area contributed by atoms with Crippen molar-refractivity contribution in [3.8, 4) is 0 Å². The molecule has 25 heavy (non-hydrogen) atoms. The van der Waals surface area contributed by atoms with Gasteiger partial charge in [0.25, 0.3) is 5.91 Å². The topological polar surface area (TPSA) is 61.8 Å². The number of benzene rings is 2. The number of carbonyl (C=O) groups excluding carboxylic acids is 1. The highest BCUT2D eigenvalue weighted by Crippen LogP contribution is 2.30. The normalized spacial score (nSPS) is 10.6. The minimum atomic E-state index is -1.21. The van der Waals surface area contributed by atoms with Gasteiger partial charge in [0, 0.05) is 21.0 Å². The number of hydrogen-bond donors (Lipinski definition) is 2. The second-order valence-corrected chi connectivity index (χ2v) is 6.53. The van der Waals surface area contributed by atoms with Crippen LogP contribution in [0.2, 0.25) is 0 Å². The number of amides is 1. The van der Waals surface area contributed by atoms with Gasteiger partial charge in [0.2, 0.25) is 0 Å². The Bertz CT molecular complexity index is 792. The number of hydroxylamine groups is 1. The summed E-state index contributed by atoms with van der Waals surface area (Å²) in [6, 6.07) is 7.25. The fourth-order valence-electron chi connectivity index (χ4n) is 2.03. The van der Waals surface area contributed by atoms with E-state index in [4.69, 9.17) is 21.7 Å². The number of aliphatic hydroxyl groups is 1. The molecule has 0 saturated heterocycles. The van der Waals surface area contributed by atoms with Gasteiger partial charge >= 0.3 is 0 Å². The number of aryl methyl sites for hydroxylation is 1. The summed E-state index contributed by atoms with van der Waals surface area (Å²) in [6.45, 7) is 1.21. The van der Waals surface area contributed by atoms with Crippen molar-refractivity contribution in [3.05, 3.63) is 56.7 Å². The maximum Gasteiger partial charge on any atom is 0.295 e. The van der Waals surface area contributed by atoms with E-state index in [0.29, 0.717) is 10.3 Å². The van der Waals surface area contributed by atoms with E-state index in [1.54, 1.807) is 19.1 Å². The third kappa shape index (κ3) is 4.78. The second kappa shape index (κ2) is 8.75. The molecule has 1 amide bonds. The van der Waals surface area contributed by atoms with Crippen LogP contribution < -0.4 is 5.32 Å². The Hall–Kier alpha value is -1.49. The summed E-state index contributed by atoms with van der Waals surface area (Å²) >= 11 is 7.80. The quantitative estimate of drug-likeness (QED) is 0.369. The van der Waals surface area contributed by atoms with Crippen LogP contribution in [0, 0.1) is 22.1 Å². The summed E-state index contributed by atoms with van der Waals surface area (Å²) in [7, 11) is 0. The standard InChI is InChI=1S/C16H14ClF2IN2O3/c1-9-8-10(20)2-5-13(9)21-15-11(3-4-12(18)14(15)19)16(24)22(17)25-7-6-23/h2-5,8,21,23H,6-7H2,1H3. The van der Waals surface area contributed by atoms with Gasteiger partial charge in [0.15, 0.2) is 11.6 Å². The highest BCUT2D eigenvalue weighted by molar-refractivity contribution is 14.1. The maximum atomic E-state index is 14.3. The maximum absolute atomic E-state index is 14.3. The lowest BCUT2D eigenvalue weighted by atomic mass is 10.1. The number of hydrogen-bond acceptors (Lipinski definition) is 4. The predicted molar refractivity (Wildman–Crippen MR) is 98.6 cm³/mol. The fraction of sp³-hybridized carbons (Fsp3) is 0.188. The van der Waals surface area contributed by atoms with Gasteiger partial charge in [0.1, 0.15) is 0 Å². The number of rotatable bonds is 6. The van der Waals surface area contributed by atoms with Gasteiger partial charge in [-0.15, -0.1) is 4.58 Å². The predicted octanol–water partition coefficient (Wildman–Crippen LogP) is 4.14. The summed E-state index contributed by atoms with van der Waals surface area (Å²) in [5.41, 5.74) is 0.724. The van der Waals surface area contributed by atoms with Gasteiger partial charge in [0.05, 0.1) is 24.5 Å². The van der Waals surface area contributed by atoms with Gasteiger partial charge in [-0.05, 0) is 65.4 Å². The lowest BCUT2D eigenvalue weighted by Crippen LogP contribution is -2.24. The van der Waals surface area contributed by atoms with Crippen LogP contribution in [0.15, 0.2) is 30.3 Å². The number of nitrogens with one attached hydrogen (secondary N) is 1. The molecule has 134 valence electrons. The molecule has 0 aliphatic carbocycles. The van der Waals surface area contributed by atoms with E-state index in [2.05, 4.69) is 27.9 Å². The van der Waals surface area contributed by atoms with E-state index in [0.717, 1.165) is 21.3 Å². The first-order valence-corrected chi connectivity index (χ1v) is 8.52. The molecule has 2 aromatic rings. The molecule has 2 N–H and O–H groups in total. The Morgan fingerprint density at radius 3 is 2.72 bits per heavy atom. The van der Waals surface area contributed by atoms with E-state index < -0.39 is 17.5 Å². The SMILES string of the molecule is Cc1cc(I)ccc1Nc1c(C(=O)N(Cl)OCCO)ccc(F)c1F. The van der Waals surface area contributed by atoms with Crippen LogP contribution in [-0.4, -0.2) is 28.8 Å². The lowest BCUT2D eigenvalue weighted by molar-refractivity contribution is -0.0695. The number of halogens is 4. The van der Waals surface area contributed by atoms with Crippen molar-refractivity contribution < 1.29 is 23.5 Å². The number of nitrogens with zero attached hydrogens (tertiary/aromatic N) is 1. The van der Waals surface area contributed by atoms with Crippen LogP contribution in [0.3, 0.4) is 0 Å². The second-order valence-electron chi connectivity index (χ2n) is 4.97. The first kappa shape index (κ1) is 19.8. The Morgan fingerprint density at radius 1 is 1.36 bits per heavy atom. The summed E-state index contributed by atoms with van der Waals surface area (Å²) in [6.07, 6.45) is 0. The first-order valence-electron chi connectivity index (χ1n) is 7.10. The van der Waals surface area contributed by atoms with Crippen LogP contribution in [0.5, 0.6) is 0 Å². The van der Waals surface area contributed by atoms with E-state index in [1.165, 1.54) is 0 Å². The highest BCUT2D eigenvalue weighted by atomic mass is 127. The van der Waals surface area contributed by atoms with E-state index in [9.17, 15) is 13.6 Å². The fourth-order valence-corrected chi connectivity index (χ4v) is 2.83. The molecule has 9 heteroatoms. The molecule has 0 radical (unpaired) electrons. The molecule has 0 aliphatic rings. The average molecular weight is 483 g/mol. The summed E-state index contributed by atoms with van der Waals surface area (Å²) < 4.78 is 29.3. The summed E-state index contributed by atoms with van der Waals surface area (Å²) in [5, 5.41) is 11.4. The van der Waals surface area contributed by atoms with Crippen molar-refractivity contribution >= 4 is 51.6 Å². The van der Waals surface area contributed by atoms with Crippen molar-refractivity contribution in [2.24, 2.45) is 0 Å². The average Bonchev–Trinajstić information content (AvgIpc) is 2.58. The minimum absolute atomic E-state index is 0.218. The molecule has 0 aromatic heterocycles. The van der Waals surface area contributed by atoms with E-state index in [-0.39, 0.29) is 24.5 Å². The largest absolute Gasteiger partial charge is 0.394 e. The third-order valence-corrected chi connectivity index (χ3v) is 4.15. The van der Waals surface area contributed by atoms with Gasteiger partial charge in [-0.25, -0.2) is 8.78 Å². The molecule has 0 spiro atoms. The Balaban J connectivity index is 2.42. The molecule has 0 unspecified atom stereocenters. The minimum Gasteiger partial charge on any atom is -0.394 e. The molecule has 5 nitrogen and oxygen atoms in total. The molecule has 0 saturated carbocycles. The molecule has 2 aromatic carbocycles. The third-order valence-electron chi connectivity index (χ3n) is 3.23. The van der Waals surface area contributed by atoms with Gasteiger partial charge in [-0.1, -0.05) is 0 Å². The van der Waals surface area contributed by atoms with Crippen LogP contribution in [0.25, 0.3) is 0 Å². The van der Waals surface area contributed by atoms with Gasteiger partial charge in [-0.2, -0.15) is 0 Å². The van der Waals surface area contributed by atoms with Crippen molar-refractivity contribution in [2.75, 3.05) is 18.5 Å². The zero-order valence-electron chi connectivity index (χ0n) is 13.0. The highest BCUT2D eigenvalue weighted by Gasteiger charge is 2.23. The van der Waals surface area contributed by atoms with Crippen LogP contribution in [0.1, 0.15) is 15.9 Å². The number of carbonyl (C=O) groups is 1.